The maximum Gasteiger partial charge on any atom is 0.317 e. The van der Waals surface area contributed by atoms with Gasteiger partial charge in [-0.05, 0) is 31.0 Å². The minimum Gasteiger partial charge on any atom is -0.496 e. The van der Waals surface area contributed by atoms with Crippen LogP contribution in [0, 0.1) is 6.92 Å². The molecule has 0 unspecified atom stereocenters. The normalized spacial score (nSPS) is 10.3. The van der Waals surface area contributed by atoms with Crippen LogP contribution in [0.4, 0.5) is 4.79 Å². The van der Waals surface area contributed by atoms with E-state index in [1.165, 1.54) is 0 Å². The van der Waals surface area contributed by atoms with Crippen molar-refractivity contribution in [2.45, 2.75) is 19.9 Å². The van der Waals surface area contributed by atoms with E-state index in [0.29, 0.717) is 13.1 Å². The van der Waals surface area contributed by atoms with Gasteiger partial charge in [-0.3, -0.25) is 0 Å². The van der Waals surface area contributed by atoms with Crippen molar-refractivity contribution in [3.05, 3.63) is 53.5 Å². The van der Waals surface area contributed by atoms with Crippen LogP contribution in [0.1, 0.15) is 16.9 Å². The summed E-state index contributed by atoms with van der Waals surface area (Å²) in [5.74, 6) is 1.68. The van der Waals surface area contributed by atoms with Crippen molar-refractivity contribution in [1.29, 1.82) is 0 Å². The molecule has 1 heterocycles. The van der Waals surface area contributed by atoms with E-state index in [0.717, 1.165) is 29.1 Å². The molecule has 0 bridgehead atoms. The summed E-state index contributed by atoms with van der Waals surface area (Å²) in [6, 6.07) is 9.61. The second kappa shape index (κ2) is 7.54. The number of benzene rings is 1. The van der Waals surface area contributed by atoms with Crippen LogP contribution >= 0.6 is 0 Å². The van der Waals surface area contributed by atoms with Crippen molar-refractivity contribution < 1.29 is 13.9 Å². The minimum absolute atomic E-state index is 0.101. The Bertz CT molecular complexity index is 622. The van der Waals surface area contributed by atoms with E-state index in [-0.39, 0.29) is 6.03 Å². The van der Waals surface area contributed by atoms with Crippen LogP contribution in [0.15, 0.2) is 41.0 Å². The number of rotatable bonds is 6. The molecule has 5 heteroatoms. The third kappa shape index (κ3) is 4.04. The van der Waals surface area contributed by atoms with Gasteiger partial charge in [0, 0.05) is 25.7 Å². The first kappa shape index (κ1) is 15.9. The number of amides is 2. The van der Waals surface area contributed by atoms with Crippen molar-refractivity contribution in [2.24, 2.45) is 0 Å². The molecule has 1 N–H and O–H groups in total. The molecule has 2 aromatic rings. The van der Waals surface area contributed by atoms with Crippen molar-refractivity contribution in [3.8, 4) is 5.75 Å². The molecule has 118 valence electrons. The van der Waals surface area contributed by atoms with Crippen LogP contribution < -0.4 is 10.1 Å². The third-order valence-corrected chi connectivity index (χ3v) is 3.65. The highest BCUT2D eigenvalue weighted by Gasteiger charge is 2.10. The lowest BCUT2D eigenvalue weighted by Gasteiger charge is -2.18. The van der Waals surface area contributed by atoms with E-state index in [2.05, 4.69) is 5.32 Å². The average Bonchev–Trinajstić information content (AvgIpc) is 2.95. The number of likely N-dealkylation sites (N-methyl/N-ethyl adjacent to an activating group) is 1. The first-order valence-electron chi connectivity index (χ1n) is 7.25. The van der Waals surface area contributed by atoms with Crippen LogP contribution in [0.2, 0.25) is 0 Å². The highest BCUT2D eigenvalue weighted by Crippen LogP contribution is 2.17. The molecule has 2 rings (SSSR count). The van der Waals surface area contributed by atoms with E-state index in [4.69, 9.17) is 9.15 Å². The summed E-state index contributed by atoms with van der Waals surface area (Å²) in [7, 11) is 3.44. The number of hydrogen-bond donors (Lipinski definition) is 1. The van der Waals surface area contributed by atoms with Crippen LogP contribution in [0.5, 0.6) is 5.75 Å². The van der Waals surface area contributed by atoms with Gasteiger partial charge in [0.05, 0.1) is 13.4 Å². The second-order valence-electron chi connectivity index (χ2n) is 5.14. The van der Waals surface area contributed by atoms with Gasteiger partial charge in [-0.25, -0.2) is 4.79 Å². The van der Waals surface area contributed by atoms with E-state index < -0.39 is 0 Å². The van der Waals surface area contributed by atoms with E-state index in [9.17, 15) is 4.79 Å². The number of para-hydroxylation sites is 1. The van der Waals surface area contributed by atoms with Crippen molar-refractivity contribution in [3.63, 3.8) is 0 Å². The molecular weight excluding hydrogens is 280 g/mol. The lowest BCUT2D eigenvalue weighted by Crippen LogP contribution is -2.38. The Morgan fingerprint density at radius 3 is 2.73 bits per heavy atom. The van der Waals surface area contributed by atoms with Gasteiger partial charge >= 0.3 is 6.03 Å². The van der Waals surface area contributed by atoms with E-state index in [1.54, 1.807) is 25.3 Å². The molecule has 0 saturated heterocycles. The fourth-order valence-corrected chi connectivity index (χ4v) is 2.20. The molecule has 0 saturated carbocycles. The van der Waals surface area contributed by atoms with Gasteiger partial charge in [-0.2, -0.15) is 0 Å². The molecule has 1 aromatic carbocycles. The largest absolute Gasteiger partial charge is 0.496 e. The Kier molecular flexibility index (Phi) is 5.47. The van der Waals surface area contributed by atoms with Gasteiger partial charge in [0.15, 0.2) is 0 Å². The number of carbonyl (C=O) groups is 1. The van der Waals surface area contributed by atoms with Crippen LogP contribution in [-0.2, 0) is 13.0 Å². The van der Waals surface area contributed by atoms with Gasteiger partial charge in [0.25, 0.3) is 0 Å². The van der Waals surface area contributed by atoms with Crippen LogP contribution in [0.25, 0.3) is 0 Å². The summed E-state index contributed by atoms with van der Waals surface area (Å²) >= 11 is 0. The lowest BCUT2D eigenvalue weighted by atomic mass is 10.1. The molecule has 5 nitrogen and oxygen atoms in total. The second-order valence-corrected chi connectivity index (χ2v) is 5.14. The standard InChI is InChI=1S/C17H22N2O3/c1-13-15(9-11-22-13)12-18-17(20)19(2)10-8-14-6-4-5-7-16(14)21-3/h4-7,9,11H,8,10,12H2,1-3H3,(H,18,20). The minimum atomic E-state index is -0.101. The van der Waals surface area contributed by atoms with Gasteiger partial charge in [0.1, 0.15) is 11.5 Å². The van der Waals surface area contributed by atoms with Gasteiger partial charge in [0.2, 0.25) is 0 Å². The highest BCUT2D eigenvalue weighted by atomic mass is 16.5. The van der Waals surface area contributed by atoms with Gasteiger partial charge in [-0.1, -0.05) is 18.2 Å². The molecule has 0 fully saturated rings. The zero-order chi connectivity index (χ0) is 15.9. The van der Waals surface area contributed by atoms with Crippen molar-refractivity contribution in [2.75, 3.05) is 20.7 Å². The SMILES string of the molecule is COc1ccccc1CCN(C)C(=O)NCc1ccoc1C. The Morgan fingerprint density at radius 2 is 2.05 bits per heavy atom. The maximum absolute atomic E-state index is 12.1. The Morgan fingerprint density at radius 1 is 1.27 bits per heavy atom. The molecule has 0 atom stereocenters. The predicted molar refractivity (Wildman–Crippen MR) is 85.0 cm³/mol. The Hall–Kier alpha value is -2.43. The number of urea groups is 1. The third-order valence-electron chi connectivity index (χ3n) is 3.65. The zero-order valence-electron chi connectivity index (χ0n) is 13.3. The quantitative estimate of drug-likeness (QED) is 0.892. The van der Waals surface area contributed by atoms with E-state index >= 15 is 0 Å². The molecule has 1 aromatic heterocycles. The molecule has 0 aliphatic carbocycles. The Labute approximate surface area is 130 Å². The van der Waals surface area contributed by atoms with E-state index in [1.807, 2.05) is 37.3 Å². The molecular formula is C17H22N2O3. The molecule has 22 heavy (non-hydrogen) atoms. The Balaban J connectivity index is 1.82. The lowest BCUT2D eigenvalue weighted by molar-refractivity contribution is 0.208. The fourth-order valence-electron chi connectivity index (χ4n) is 2.20. The summed E-state index contributed by atoms with van der Waals surface area (Å²) in [6.07, 6.45) is 2.38. The summed E-state index contributed by atoms with van der Waals surface area (Å²) in [5.41, 5.74) is 2.09. The number of hydrogen-bond acceptors (Lipinski definition) is 3. The number of aryl methyl sites for hydroxylation is 1. The number of ether oxygens (including phenoxy) is 1. The number of carbonyl (C=O) groups excluding carboxylic acids is 1. The first-order chi connectivity index (χ1) is 10.6. The van der Waals surface area contributed by atoms with Gasteiger partial charge in [-0.15, -0.1) is 0 Å². The highest BCUT2D eigenvalue weighted by molar-refractivity contribution is 5.73. The summed E-state index contributed by atoms with van der Waals surface area (Å²) in [4.78, 5) is 13.7. The van der Waals surface area contributed by atoms with Crippen LogP contribution in [0.3, 0.4) is 0 Å². The predicted octanol–water partition coefficient (Wildman–Crippen LogP) is 2.98. The topological polar surface area (TPSA) is 54.7 Å². The summed E-state index contributed by atoms with van der Waals surface area (Å²) in [6.45, 7) is 2.98. The maximum atomic E-state index is 12.1. The fraction of sp³-hybridized carbons (Fsp3) is 0.353. The van der Waals surface area contributed by atoms with Crippen molar-refractivity contribution in [1.82, 2.24) is 10.2 Å². The average molecular weight is 302 g/mol. The zero-order valence-corrected chi connectivity index (χ0v) is 13.3. The van der Waals surface area contributed by atoms with Gasteiger partial charge < -0.3 is 19.4 Å². The summed E-state index contributed by atoms with van der Waals surface area (Å²) < 4.78 is 10.5. The smallest absolute Gasteiger partial charge is 0.317 e. The van der Waals surface area contributed by atoms with Crippen LogP contribution in [-0.4, -0.2) is 31.6 Å². The number of nitrogens with one attached hydrogen (secondary N) is 1. The number of nitrogens with zero attached hydrogens (tertiary/aromatic N) is 1. The first-order valence-corrected chi connectivity index (χ1v) is 7.25. The molecule has 0 spiro atoms. The molecule has 2 amide bonds. The summed E-state index contributed by atoms with van der Waals surface area (Å²) in [5, 5.41) is 2.89. The monoisotopic (exact) mass is 302 g/mol. The molecule has 0 aliphatic heterocycles. The molecule has 0 aliphatic rings. The molecule has 0 radical (unpaired) electrons. The van der Waals surface area contributed by atoms with Crippen molar-refractivity contribution >= 4 is 6.03 Å². The number of methoxy groups -OCH3 is 1. The number of furan rings is 1.